The number of carbonyl (C=O) groups is 1. The third-order valence-electron chi connectivity index (χ3n) is 4.77. The van der Waals surface area contributed by atoms with E-state index in [1.54, 1.807) is 0 Å². The summed E-state index contributed by atoms with van der Waals surface area (Å²) < 4.78 is 1.89. The molecule has 1 atom stereocenters. The van der Waals surface area contributed by atoms with Gasteiger partial charge in [-0.05, 0) is 38.9 Å². The second kappa shape index (κ2) is 7.61. The predicted molar refractivity (Wildman–Crippen MR) is 92.8 cm³/mol. The Hall–Kier alpha value is -2.15. The highest BCUT2D eigenvalue weighted by Crippen LogP contribution is 2.21. The molecular formula is C17H26N6O. The van der Waals surface area contributed by atoms with E-state index in [2.05, 4.69) is 32.8 Å². The first-order chi connectivity index (χ1) is 11.6. The van der Waals surface area contributed by atoms with Crippen molar-refractivity contribution in [3.63, 3.8) is 0 Å². The standard InChI is InChI=1S/C17H26N6O/c1-13(16-21-20-15-9-5-6-11-23(15)16)19-17(24)18-10-12-22(2)14-7-3-4-8-14/h5-6,9,11,13-14H,3-4,7-8,10,12H2,1-2H3,(H2,18,19,24)/t13-/m0/s1. The van der Waals surface area contributed by atoms with Crippen LogP contribution in [-0.2, 0) is 0 Å². The number of hydrogen-bond acceptors (Lipinski definition) is 4. The number of carbonyl (C=O) groups excluding carboxylic acids is 1. The highest BCUT2D eigenvalue weighted by molar-refractivity contribution is 5.74. The lowest BCUT2D eigenvalue weighted by atomic mass is 10.2. The van der Waals surface area contributed by atoms with Crippen LogP contribution in [0.3, 0.4) is 0 Å². The number of amides is 2. The minimum Gasteiger partial charge on any atom is -0.337 e. The van der Waals surface area contributed by atoms with Gasteiger partial charge in [0.05, 0.1) is 6.04 Å². The van der Waals surface area contributed by atoms with Crippen LogP contribution < -0.4 is 10.6 Å². The van der Waals surface area contributed by atoms with Gasteiger partial charge in [0.2, 0.25) is 0 Å². The molecule has 0 spiro atoms. The lowest BCUT2D eigenvalue weighted by Crippen LogP contribution is -2.42. The molecule has 2 N–H and O–H groups in total. The van der Waals surface area contributed by atoms with Gasteiger partial charge in [-0.25, -0.2) is 4.79 Å². The van der Waals surface area contributed by atoms with Crippen LogP contribution in [0.5, 0.6) is 0 Å². The Morgan fingerprint density at radius 2 is 2.17 bits per heavy atom. The van der Waals surface area contributed by atoms with Gasteiger partial charge in [0.25, 0.3) is 0 Å². The Bertz CT molecular complexity index is 679. The molecule has 2 amide bonds. The van der Waals surface area contributed by atoms with Crippen LogP contribution >= 0.6 is 0 Å². The third-order valence-corrected chi connectivity index (χ3v) is 4.77. The first kappa shape index (κ1) is 16.7. The summed E-state index contributed by atoms with van der Waals surface area (Å²) in [6.45, 7) is 3.43. The maximum atomic E-state index is 12.1. The summed E-state index contributed by atoms with van der Waals surface area (Å²) in [7, 11) is 2.14. The molecule has 1 fully saturated rings. The van der Waals surface area contributed by atoms with Crippen LogP contribution in [0.1, 0.15) is 44.5 Å². The molecular weight excluding hydrogens is 304 g/mol. The second-order valence-corrected chi connectivity index (χ2v) is 6.53. The number of fused-ring (bicyclic) bond motifs is 1. The van der Waals surface area contributed by atoms with Gasteiger partial charge in [-0.2, -0.15) is 0 Å². The van der Waals surface area contributed by atoms with Crippen molar-refractivity contribution in [2.24, 2.45) is 0 Å². The van der Waals surface area contributed by atoms with Crippen molar-refractivity contribution in [2.45, 2.75) is 44.7 Å². The van der Waals surface area contributed by atoms with Crippen LogP contribution in [0.15, 0.2) is 24.4 Å². The molecule has 7 heteroatoms. The minimum atomic E-state index is -0.213. The summed E-state index contributed by atoms with van der Waals surface area (Å²) in [6.07, 6.45) is 7.11. The molecule has 130 valence electrons. The molecule has 0 unspecified atom stereocenters. The molecule has 3 rings (SSSR count). The number of likely N-dealkylation sites (N-methyl/N-ethyl adjacent to an activating group) is 1. The first-order valence-corrected chi connectivity index (χ1v) is 8.69. The Morgan fingerprint density at radius 3 is 2.96 bits per heavy atom. The van der Waals surface area contributed by atoms with Crippen molar-refractivity contribution in [3.05, 3.63) is 30.2 Å². The zero-order valence-corrected chi connectivity index (χ0v) is 14.4. The highest BCUT2D eigenvalue weighted by atomic mass is 16.2. The number of pyridine rings is 1. The van der Waals surface area contributed by atoms with Crippen LogP contribution in [0.4, 0.5) is 4.79 Å². The fraction of sp³-hybridized carbons (Fsp3) is 0.588. The van der Waals surface area contributed by atoms with E-state index in [-0.39, 0.29) is 12.1 Å². The van der Waals surface area contributed by atoms with Crippen molar-refractivity contribution in [1.29, 1.82) is 0 Å². The van der Waals surface area contributed by atoms with Gasteiger partial charge in [0.15, 0.2) is 11.5 Å². The van der Waals surface area contributed by atoms with E-state index >= 15 is 0 Å². The van der Waals surface area contributed by atoms with Gasteiger partial charge < -0.3 is 15.5 Å². The Labute approximate surface area is 142 Å². The predicted octanol–water partition coefficient (Wildman–Crippen LogP) is 1.96. The molecule has 2 aromatic rings. The Morgan fingerprint density at radius 1 is 1.38 bits per heavy atom. The normalized spacial score (nSPS) is 16.6. The number of hydrogen-bond donors (Lipinski definition) is 2. The summed E-state index contributed by atoms with van der Waals surface area (Å²) in [5.74, 6) is 0.726. The summed E-state index contributed by atoms with van der Waals surface area (Å²) in [6, 6.07) is 6.02. The number of rotatable bonds is 6. The van der Waals surface area contributed by atoms with Gasteiger partial charge in [0, 0.05) is 25.3 Å². The summed E-state index contributed by atoms with van der Waals surface area (Å²) in [5.41, 5.74) is 0.778. The molecule has 1 saturated carbocycles. The average Bonchev–Trinajstić information content (AvgIpc) is 3.24. The van der Waals surface area contributed by atoms with E-state index in [0.717, 1.165) is 18.0 Å². The average molecular weight is 330 g/mol. The number of nitrogens with zero attached hydrogens (tertiary/aromatic N) is 4. The van der Waals surface area contributed by atoms with Crippen LogP contribution in [0.2, 0.25) is 0 Å². The van der Waals surface area contributed by atoms with Gasteiger partial charge in [-0.3, -0.25) is 4.40 Å². The van der Waals surface area contributed by atoms with Crippen LogP contribution in [-0.4, -0.2) is 51.7 Å². The minimum absolute atomic E-state index is 0.171. The Balaban J connectivity index is 1.46. The molecule has 2 heterocycles. The lowest BCUT2D eigenvalue weighted by molar-refractivity contribution is 0.226. The van der Waals surface area contributed by atoms with Gasteiger partial charge in [-0.1, -0.05) is 18.9 Å². The van der Waals surface area contributed by atoms with Crippen molar-refractivity contribution in [1.82, 2.24) is 30.1 Å². The van der Waals surface area contributed by atoms with Gasteiger partial charge in [-0.15, -0.1) is 10.2 Å². The van der Waals surface area contributed by atoms with E-state index in [9.17, 15) is 4.79 Å². The lowest BCUT2D eigenvalue weighted by Gasteiger charge is -2.24. The largest absolute Gasteiger partial charge is 0.337 e. The maximum absolute atomic E-state index is 12.1. The SMILES string of the molecule is C[C@H](NC(=O)NCCN(C)C1CCCC1)c1nnc2ccccn12. The molecule has 0 aromatic carbocycles. The fourth-order valence-electron chi connectivity index (χ4n) is 3.34. The zero-order valence-electron chi connectivity index (χ0n) is 14.4. The van der Waals surface area contributed by atoms with E-state index in [4.69, 9.17) is 0 Å². The third kappa shape index (κ3) is 3.84. The van der Waals surface area contributed by atoms with Crippen LogP contribution in [0.25, 0.3) is 5.65 Å². The number of aromatic nitrogens is 3. The molecule has 0 saturated heterocycles. The molecule has 24 heavy (non-hydrogen) atoms. The van der Waals surface area contributed by atoms with E-state index in [0.29, 0.717) is 12.6 Å². The molecule has 0 radical (unpaired) electrons. The maximum Gasteiger partial charge on any atom is 0.315 e. The quantitative estimate of drug-likeness (QED) is 0.849. The Kier molecular flexibility index (Phi) is 5.30. The van der Waals surface area contributed by atoms with Gasteiger partial charge >= 0.3 is 6.03 Å². The van der Waals surface area contributed by atoms with Crippen molar-refractivity contribution < 1.29 is 4.79 Å². The molecule has 1 aliphatic carbocycles. The fourth-order valence-corrected chi connectivity index (χ4v) is 3.34. The zero-order chi connectivity index (χ0) is 16.9. The van der Waals surface area contributed by atoms with Crippen LogP contribution in [0, 0.1) is 0 Å². The highest BCUT2D eigenvalue weighted by Gasteiger charge is 2.19. The molecule has 2 aromatic heterocycles. The summed E-state index contributed by atoms with van der Waals surface area (Å²) >= 11 is 0. The summed E-state index contributed by atoms with van der Waals surface area (Å²) in [5, 5.41) is 14.1. The topological polar surface area (TPSA) is 74.6 Å². The molecule has 0 aliphatic heterocycles. The van der Waals surface area contributed by atoms with E-state index in [1.165, 1.54) is 25.7 Å². The first-order valence-electron chi connectivity index (χ1n) is 8.69. The van der Waals surface area contributed by atoms with Crippen molar-refractivity contribution >= 4 is 11.7 Å². The van der Waals surface area contributed by atoms with E-state index in [1.807, 2.05) is 35.7 Å². The number of nitrogens with one attached hydrogen (secondary N) is 2. The molecule has 1 aliphatic rings. The van der Waals surface area contributed by atoms with E-state index < -0.39 is 0 Å². The van der Waals surface area contributed by atoms with Crippen molar-refractivity contribution in [3.8, 4) is 0 Å². The number of urea groups is 1. The summed E-state index contributed by atoms with van der Waals surface area (Å²) in [4.78, 5) is 14.4. The molecule has 0 bridgehead atoms. The second-order valence-electron chi connectivity index (χ2n) is 6.53. The molecule has 7 nitrogen and oxygen atoms in total. The van der Waals surface area contributed by atoms with Crippen molar-refractivity contribution in [2.75, 3.05) is 20.1 Å². The van der Waals surface area contributed by atoms with Gasteiger partial charge in [0.1, 0.15) is 0 Å². The smallest absolute Gasteiger partial charge is 0.315 e. The monoisotopic (exact) mass is 330 g/mol.